The van der Waals surface area contributed by atoms with Crippen LogP contribution < -0.4 is 5.32 Å². The van der Waals surface area contributed by atoms with Crippen LogP contribution in [0.4, 0.5) is 5.69 Å². The third kappa shape index (κ3) is 11.0. The summed E-state index contributed by atoms with van der Waals surface area (Å²) in [6.07, 6.45) is 18.6. The van der Waals surface area contributed by atoms with Crippen LogP contribution in [0.1, 0.15) is 77.5 Å². The van der Waals surface area contributed by atoms with Gasteiger partial charge in [-0.15, -0.1) is 5.73 Å². The van der Waals surface area contributed by atoms with Crippen molar-refractivity contribution in [2.45, 2.75) is 79.2 Å². The number of hydrogen-bond acceptors (Lipinski definition) is 5. The molecule has 2 N–H and O–H groups in total. The van der Waals surface area contributed by atoms with Crippen LogP contribution in [0.5, 0.6) is 0 Å². The van der Waals surface area contributed by atoms with E-state index in [2.05, 4.69) is 63.1 Å². The number of nitrogens with one attached hydrogen (secondary N) is 2. The van der Waals surface area contributed by atoms with E-state index in [0.29, 0.717) is 66.1 Å². The fourth-order valence-corrected chi connectivity index (χ4v) is 5.37. The molecule has 48 heavy (non-hydrogen) atoms. The number of fused-ring (bicyclic) bond motifs is 1. The molecule has 0 saturated heterocycles. The first-order valence-electron chi connectivity index (χ1n) is 16.7. The Bertz CT molecular complexity index is 1670. The number of aromatic nitrogens is 1. The Labute approximate surface area is 287 Å². The Hall–Kier alpha value is -4.64. The zero-order valence-corrected chi connectivity index (χ0v) is 29.4. The molecule has 0 radical (unpaired) electrons. The van der Waals surface area contributed by atoms with Crippen LogP contribution in [0.2, 0.25) is 0 Å². The number of aryl methyl sites for hydroxylation is 1. The number of carbonyl (C=O) groups excluding carboxylic acids is 2. The van der Waals surface area contributed by atoms with Gasteiger partial charge in [0.25, 0.3) is 5.91 Å². The molecule has 0 aromatic carbocycles. The molecule has 252 valence electrons. The highest BCUT2D eigenvalue weighted by atomic mass is 16.5. The highest BCUT2D eigenvalue weighted by Gasteiger charge is 2.28. The van der Waals surface area contributed by atoms with Gasteiger partial charge in [-0.05, 0) is 92.5 Å². The summed E-state index contributed by atoms with van der Waals surface area (Å²) in [4.78, 5) is 30.9. The highest BCUT2D eigenvalue weighted by molar-refractivity contribution is 6.08. The second-order valence-electron chi connectivity index (χ2n) is 12.9. The maximum absolute atomic E-state index is 13.7. The van der Waals surface area contributed by atoms with Crippen LogP contribution in [-0.4, -0.2) is 35.1 Å². The molecule has 1 amide bonds. The summed E-state index contributed by atoms with van der Waals surface area (Å²) >= 11 is 0. The van der Waals surface area contributed by atoms with Crippen molar-refractivity contribution in [2.75, 3.05) is 11.9 Å². The zero-order chi connectivity index (χ0) is 35.4. The second kappa shape index (κ2) is 18.1. The van der Waals surface area contributed by atoms with Gasteiger partial charge >= 0.3 is 0 Å². The monoisotopic (exact) mass is 645 g/mol. The molecule has 0 saturated carbocycles. The van der Waals surface area contributed by atoms with Crippen molar-refractivity contribution in [3.63, 3.8) is 0 Å². The average molecular weight is 646 g/mol. The number of allylic oxidation sites excluding steroid dienone is 11. The minimum Gasteiger partial charge on any atom is -0.378 e. The molecule has 2 aliphatic carbocycles. The molecule has 0 bridgehead atoms. The summed E-state index contributed by atoms with van der Waals surface area (Å²) in [6, 6.07) is 1.83. The van der Waals surface area contributed by atoms with E-state index in [9.17, 15) is 9.59 Å². The zero-order valence-electron chi connectivity index (χ0n) is 29.4. The van der Waals surface area contributed by atoms with Crippen LogP contribution in [0, 0.1) is 24.2 Å². The summed E-state index contributed by atoms with van der Waals surface area (Å²) in [7, 11) is 0. The van der Waals surface area contributed by atoms with Gasteiger partial charge in [0.1, 0.15) is 5.78 Å². The molecule has 1 heterocycles. The Morgan fingerprint density at radius 3 is 2.67 bits per heavy atom. The number of rotatable bonds is 16. The van der Waals surface area contributed by atoms with Crippen LogP contribution in [0.25, 0.3) is 5.57 Å². The first-order chi connectivity index (χ1) is 22.8. The molecular formula is C42H51N3O3. The molecule has 0 fully saturated rings. The van der Waals surface area contributed by atoms with E-state index in [1.54, 1.807) is 12.3 Å². The first-order valence-corrected chi connectivity index (χ1v) is 16.7. The standard InChI is InChI=1S/C42H51N3O3/c1-10-13-33(18-16-27(3)4)39-22-35-21-34(19-17-29(6)38(35)24-40(39)43)42(47)45-41-23-36(25-44-32(41)9)30(7)20-37(46)15-12-14-28(5)26-48-31(8)11-2/h12-14,18-19,21-23,25,28,31,38,43H,1,3,6-7,11,15-17,20,24,26H2,2,4-5,8-9H3,(H,45,47)/b14-12+,33-18+,43-40?. The van der Waals surface area contributed by atoms with Gasteiger partial charge in [0, 0.05) is 48.2 Å². The average Bonchev–Trinajstić information content (AvgIpc) is 3.20. The number of ketones is 1. The smallest absolute Gasteiger partial charge is 0.255 e. The maximum atomic E-state index is 13.7. The van der Waals surface area contributed by atoms with Gasteiger partial charge in [-0.25, -0.2) is 0 Å². The lowest BCUT2D eigenvalue weighted by molar-refractivity contribution is -0.117. The van der Waals surface area contributed by atoms with Crippen LogP contribution in [0.15, 0.2) is 120 Å². The van der Waals surface area contributed by atoms with E-state index in [4.69, 9.17) is 10.1 Å². The number of anilines is 1. The largest absolute Gasteiger partial charge is 0.378 e. The number of carbonyl (C=O) groups is 2. The Kier molecular flexibility index (Phi) is 14.2. The molecule has 3 rings (SSSR count). The van der Waals surface area contributed by atoms with Crippen LogP contribution in [-0.2, 0) is 14.3 Å². The summed E-state index contributed by atoms with van der Waals surface area (Å²) in [5.41, 5.74) is 11.0. The van der Waals surface area contributed by atoms with Gasteiger partial charge in [0.05, 0.1) is 24.1 Å². The molecule has 1 aromatic heterocycles. The quantitative estimate of drug-likeness (QED) is 0.106. The highest BCUT2D eigenvalue weighted by Crippen LogP contribution is 2.38. The lowest BCUT2D eigenvalue weighted by atomic mass is 9.77. The molecule has 3 unspecified atom stereocenters. The van der Waals surface area contributed by atoms with Crippen molar-refractivity contribution in [1.29, 1.82) is 5.41 Å². The summed E-state index contributed by atoms with van der Waals surface area (Å²) in [5.74, 6) is -0.0418. The third-order valence-electron chi connectivity index (χ3n) is 8.53. The maximum Gasteiger partial charge on any atom is 0.255 e. The van der Waals surface area contributed by atoms with E-state index in [1.807, 2.05) is 56.4 Å². The molecule has 2 aliphatic rings. The van der Waals surface area contributed by atoms with Crippen LogP contribution >= 0.6 is 0 Å². The van der Waals surface area contributed by atoms with Crippen LogP contribution in [0.3, 0.4) is 0 Å². The van der Waals surface area contributed by atoms with Gasteiger partial charge in [-0.3, -0.25) is 14.6 Å². The van der Waals surface area contributed by atoms with E-state index in [1.165, 1.54) is 0 Å². The number of nitrogens with zero attached hydrogens (tertiary/aromatic N) is 1. The second-order valence-corrected chi connectivity index (χ2v) is 12.9. The third-order valence-corrected chi connectivity index (χ3v) is 8.53. The van der Waals surface area contributed by atoms with E-state index >= 15 is 0 Å². The number of hydrogen-bond donors (Lipinski definition) is 2. The Balaban J connectivity index is 1.75. The number of amides is 1. The molecule has 6 nitrogen and oxygen atoms in total. The first kappa shape index (κ1) is 37.8. The van der Waals surface area contributed by atoms with E-state index < -0.39 is 0 Å². The minimum absolute atomic E-state index is 0.0525. The lowest BCUT2D eigenvalue weighted by Crippen LogP contribution is -2.20. The number of ether oxygens (including phenoxy) is 1. The van der Waals surface area contributed by atoms with E-state index in [0.717, 1.165) is 34.3 Å². The molecule has 6 heteroatoms. The summed E-state index contributed by atoms with van der Waals surface area (Å²) in [6.45, 7) is 26.8. The molecule has 1 aromatic rings. The van der Waals surface area contributed by atoms with Crippen molar-refractivity contribution < 1.29 is 14.3 Å². The van der Waals surface area contributed by atoms with Crippen molar-refractivity contribution in [3.8, 4) is 0 Å². The fourth-order valence-electron chi connectivity index (χ4n) is 5.37. The molecule has 0 aliphatic heterocycles. The number of pyridine rings is 1. The van der Waals surface area contributed by atoms with Gasteiger partial charge in [-0.2, -0.15) is 0 Å². The Morgan fingerprint density at radius 2 is 1.98 bits per heavy atom. The molecule has 3 atom stereocenters. The molecular weight excluding hydrogens is 594 g/mol. The van der Waals surface area contributed by atoms with Gasteiger partial charge in [-0.1, -0.05) is 75.6 Å². The fraction of sp³-hybridized carbons (Fsp3) is 0.357. The van der Waals surface area contributed by atoms with Crippen molar-refractivity contribution in [1.82, 2.24) is 4.98 Å². The Morgan fingerprint density at radius 1 is 1.23 bits per heavy atom. The lowest BCUT2D eigenvalue weighted by Gasteiger charge is -2.27. The minimum atomic E-state index is -0.268. The van der Waals surface area contributed by atoms with Crippen molar-refractivity contribution >= 4 is 28.7 Å². The molecule has 0 spiro atoms. The summed E-state index contributed by atoms with van der Waals surface area (Å²) in [5, 5.41) is 11.8. The number of Topliss-reactive ketones (excluding diaryl/α,β-unsaturated/α-hetero) is 1. The van der Waals surface area contributed by atoms with E-state index in [-0.39, 0.29) is 36.1 Å². The topological polar surface area (TPSA) is 92.1 Å². The van der Waals surface area contributed by atoms with Gasteiger partial charge < -0.3 is 15.5 Å². The summed E-state index contributed by atoms with van der Waals surface area (Å²) < 4.78 is 5.78. The van der Waals surface area contributed by atoms with Crippen molar-refractivity contribution in [2.24, 2.45) is 11.8 Å². The predicted octanol–water partition coefficient (Wildman–Crippen LogP) is 9.71. The normalized spacial score (nSPS) is 17.6. The van der Waals surface area contributed by atoms with Crippen molar-refractivity contribution in [3.05, 3.63) is 132 Å². The van der Waals surface area contributed by atoms with Gasteiger partial charge in [0.2, 0.25) is 0 Å². The predicted molar refractivity (Wildman–Crippen MR) is 200 cm³/mol. The SMILES string of the molecule is C=C=C/C(=C\CC(=C)C)C1=CC2=CC(C(=O)Nc3cc(C(=C)CC(=O)C/C=C/C(C)COC(C)CC)cnc3C)=CCC(=C)C2CC1=N. The van der Waals surface area contributed by atoms with Gasteiger partial charge in [0.15, 0.2) is 0 Å².